The minimum absolute atomic E-state index is 0. The van der Waals surface area contributed by atoms with Crippen LogP contribution in [-0.2, 0) is 0 Å². The Morgan fingerprint density at radius 2 is 0.531 bits per heavy atom. The van der Waals surface area contributed by atoms with Crippen molar-refractivity contribution in [2.75, 3.05) is 21.3 Å². The maximum absolute atomic E-state index is 11.4. The zero-order valence-corrected chi connectivity index (χ0v) is 36.3. The Morgan fingerprint density at radius 1 is 0.281 bits per heavy atom. The van der Waals surface area contributed by atoms with E-state index in [4.69, 9.17) is 14.2 Å². The average Bonchev–Trinajstić information content (AvgIpc) is 3.33. The summed E-state index contributed by atoms with van der Waals surface area (Å²) in [7, 11) is 5.04. The van der Waals surface area contributed by atoms with Crippen LogP contribution in [0.2, 0.25) is 0 Å². The number of carbonyl (C=O) groups excluding carboxylic acids is 3. The van der Waals surface area contributed by atoms with E-state index in [9.17, 15) is 14.4 Å². The minimum atomic E-state index is 0. The minimum Gasteiger partial charge on any atom is -0.497 e. The molecule has 6 heteroatoms. The summed E-state index contributed by atoms with van der Waals surface area (Å²) in [6.45, 7) is 4.72. The van der Waals surface area contributed by atoms with Crippen LogP contribution in [-0.4, -0.2) is 38.7 Å². The van der Waals surface area contributed by atoms with Crippen LogP contribution in [0, 0.1) is 0 Å². The molecule has 0 aromatic heterocycles. The molecule has 0 unspecified atom stereocenters. The van der Waals surface area contributed by atoms with Crippen LogP contribution in [0.4, 0.5) is 0 Å². The van der Waals surface area contributed by atoms with E-state index in [1.54, 1.807) is 42.1 Å². The number of ketones is 3. The standard InChI is InChI=1S/C20H16O2.C19H16O2.C18H16O2.CH4/c1-13(21)15-3-5-16(6-4-15)18-9-10-19-11-17(14(2)22)7-8-20(19)12-18;1-13(20)14-3-5-15(6-4-14)16-7-8-18-12-19(21-2)10-9-17(18)11-16;1-19-17-8-5-13(6-9-17)14-3-4-16-12-18(20-2)10-7-15(16)11-14;/h3-12H,1-2H3;3-12H,1-2H3;3-12H,1-2H3;1H4. The Labute approximate surface area is 375 Å². The number of carbonyl (C=O) groups is 3. The molecule has 64 heavy (non-hydrogen) atoms. The fourth-order valence-electron chi connectivity index (χ4n) is 7.28. The van der Waals surface area contributed by atoms with Crippen LogP contribution < -0.4 is 14.2 Å². The van der Waals surface area contributed by atoms with E-state index >= 15 is 0 Å². The second-order valence-corrected chi connectivity index (χ2v) is 15.2. The number of benzene rings is 9. The third-order valence-corrected chi connectivity index (χ3v) is 11.0. The number of hydrogen-bond donors (Lipinski definition) is 0. The number of fused-ring (bicyclic) bond motifs is 3. The molecule has 0 aliphatic heterocycles. The summed E-state index contributed by atoms with van der Waals surface area (Å²) in [5.41, 5.74) is 8.99. The lowest BCUT2D eigenvalue weighted by molar-refractivity contribution is 0.100. The molecule has 0 saturated heterocycles. The molecular formula is C58H52O6. The van der Waals surface area contributed by atoms with Gasteiger partial charge in [-0.15, -0.1) is 0 Å². The van der Waals surface area contributed by atoms with Gasteiger partial charge in [0.05, 0.1) is 21.3 Å². The first kappa shape index (κ1) is 45.7. The van der Waals surface area contributed by atoms with Gasteiger partial charge in [-0.3, -0.25) is 14.4 Å². The molecule has 0 spiro atoms. The van der Waals surface area contributed by atoms with Gasteiger partial charge in [-0.2, -0.15) is 0 Å². The molecule has 0 saturated carbocycles. The van der Waals surface area contributed by atoms with Crippen LogP contribution >= 0.6 is 0 Å². The van der Waals surface area contributed by atoms with Crippen LogP contribution in [0.15, 0.2) is 182 Å². The SMILES string of the molecule is C.CC(=O)c1ccc(-c2ccc3cc(C(C)=O)ccc3c2)cc1.COc1ccc(-c2ccc3cc(OC)ccc3c2)cc1.COc1ccc2cc(-c3ccc(C(C)=O)cc3)ccc2c1. The van der Waals surface area contributed by atoms with Gasteiger partial charge in [0.1, 0.15) is 17.2 Å². The van der Waals surface area contributed by atoms with E-state index < -0.39 is 0 Å². The molecule has 9 rings (SSSR count). The molecule has 0 atom stereocenters. The van der Waals surface area contributed by atoms with E-state index in [1.807, 2.05) is 115 Å². The smallest absolute Gasteiger partial charge is 0.159 e. The molecule has 6 nitrogen and oxygen atoms in total. The third-order valence-electron chi connectivity index (χ3n) is 11.0. The van der Waals surface area contributed by atoms with Gasteiger partial charge in [-0.25, -0.2) is 0 Å². The molecule has 320 valence electrons. The summed E-state index contributed by atoms with van der Waals surface area (Å²) >= 11 is 0. The molecule has 0 heterocycles. The zero-order chi connectivity index (χ0) is 44.5. The Bertz CT molecular complexity index is 3070. The lowest BCUT2D eigenvalue weighted by Gasteiger charge is -2.07. The molecular weight excluding hydrogens is 793 g/mol. The Kier molecular flexibility index (Phi) is 14.9. The summed E-state index contributed by atoms with van der Waals surface area (Å²) in [5, 5.41) is 6.86. The predicted octanol–water partition coefficient (Wildman–Crippen LogP) is 14.8. The molecule has 0 amide bonds. The lowest BCUT2D eigenvalue weighted by Crippen LogP contribution is -1.92. The first-order valence-electron chi connectivity index (χ1n) is 20.6. The lowest BCUT2D eigenvalue weighted by atomic mass is 9.98. The van der Waals surface area contributed by atoms with Crippen molar-refractivity contribution in [3.63, 3.8) is 0 Å². The summed E-state index contributed by atoms with van der Waals surface area (Å²) in [5.74, 6) is 2.86. The maximum atomic E-state index is 11.4. The molecule has 9 aromatic carbocycles. The van der Waals surface area contributed by atoms with Gasteiger partial charge in [-0.05, 0) is 147 Å². The molecule has 0 bridgehead atoms. The highest BCUT2D eigenvalue weighted by atomic mass is 16.5. The summed E-state index contributed by atoms with van der Waals surface area (Å²) in [6, 6.07) is 60.3. The second kappa shape index (κ2) is 20.8. The van der Waals surface area contributed by atoms with E-state index in [0.717, 1.165) is 72.4 Å². The fraction of sp³-hybridized carbons (Fsp3) is 0.121. The maximum Gasteiger partial charge on any atom is 0.159 e. The van der Waals surface area contributed by atoms with Crippen molar-refractivity contribution in [2.45, 2.75) is 28.2 Å². The predicted molar refractivity (Wildman–Crippen MR) is 265 cm³/mol. The van der Waals surface area contributed by atoms with Crippen molar-refractivity contribution < 1.29 is 28.6 Å². The highest BCUT2D eigenvalue weighted by Gasteiger charge is 2.07. The summed E-state index contributed by atoms with van der Waals surface area (Å²) in [6.07, 6.45) is 0. The monoisotopic (exact) mass is 844 g/mol. The third kappa shape index (κ3) is 11.0. The molecule has 0 aliphatic rings. The van der Waals surface area contributed by atoms with Gasteiger partial charge >= 0.3 is 0 Å². The van der Waals surface area contributed by atoms with Crippen molar-refractivity contribution in [3.05, 3.63) is 199 Å². The van der Waals surface area contributed by atoms with Gasteiger partial charge in [-0.1, -0.05) is 129 Å². The van der Waals surface area contributed by atoms with Crippen LogP contribution in [0.25, 0.3) is 65.7 Å². The number of rotatable bonds is 9. The van der Waals surface area contributed by atoms with Gasteiger partial charge < -0.3 is 14.2 Å². The van der Waals surface area contributed by atoms with Crippen LogP contribution in [0.3, 0.4) is 0 Å². The molecule has 0 N–H and O–H groups in total. The molecule has 9 aromatic rings. The van der Waals surface area contributed by atoms with E-state index in [2.05, 4.69) is 66.7 Å². The van der Waals surface area contributed by atoms with E-state index in [-0.39, 0.29) is 24.8 Å². The highest BCUT2D eigenvalue weighted by Crippen LogP contribution is 2.30. The second-order valence-electron chi connectivity index (χ2n) is 15.2. The Morgan fingerprint density at radius 3 is 0.875 bits per heavy atom. The first-order valence-corrected chi connectivity index (χ1v) is 20.6. The summed E-state index contributed by atoms with van der Waals surface area (Å²) < 4.78 is 15.7. The van der Waals surface area contributed by atoms with E-state index in [0.29, 0.717) is 0 Å². The first-order chi connectivity index (χ1) is 30.5. The normalized spacial score (nSPS) is 10.4. The van der Waals surface area contributed by atoms with Gasteiger partial charge in [0.2, 0.25) is 0 Å². The average molecular weight is 845 g/mol. The van der Waals surface area contributed by atoms with E-state index in [1.165, 1.54) is 27.3 Å². The number of hydrogen-bond acceptors (Lipinski definition) is 6. The van der Waals surface area contributed by atoms with Crippen molar-refractivity contribution in [3.8, 4) is 50.6 Å². The van der Waals surface area contributed by atoms with Crippen molar-refractivity contribution >= 4 is 49.7 Å². The zero-order valence-electron chi connectivity index (χ0n) is 36.3. The number of ether oxygens (including phenoxy) is 3. The van der Waals surface area contributed by atoms with Crippen LogP contribution in [0.1, 0.15) is 59.3 Å². The quantitative estimate of drug-likeness (QED) is 0.135. The van der Waals surface area contributed by atoms with Crippen LogP contribution in [0.5, 0.6) is 17.2 Å². The molecule has 0 radical (unpaired) electrons. The van der Waals surface area contributed by atoms with Crippen molar-refractivity contribution in [1.29, 1.82) is 0 Å². The van der Waals surface area contributed by atoms with Gasteiger partial charge in [0, 0.05) is 16.7 Å². The number of methoxy groups -OCH3 is 3. The largest absolute Gasteiger partial charge is 0.497 e. The highest BCUT2D eigenvalue weighted by molar-refractivity contribution is 6.00. The Hall–Kier alpha value is -7.83. The van der Waals surface area contributed by atoms with Crippen molar-refractivity contribution in [1.82, 2.24) is 0 Å². The van der Waals surface area contributed by atoms with Gasteiger partial charge in [0.25, 0.3) is 0 Å². The number of Topliss-reactive ketones (excluding diaryl/α,β-unsaturated/α-hetero) is 3. The fourth-order valence-corrected chi connectivity index (χ4v) is 7.28. The molecule has 0 aliphatic carbocycles. The van der Waals surface area contributed by atoms with Crippen molar-refractivity contribution in [2.24, 2.45) is 0 Å². The van der Waals surface area contributed by atoms with Gasteiger partial charge in [0.15, 0.2) is 17.3 Å². The Balaban J connectivity index is 0.000000158. The summed E-state index contributed by atoms with van der Waals surface area (Å²) in [4.78, 5) is 34.1. The molecule has 0 fully saturated rings. The topological polar surface area (TPSA) is 78.9 Å².